The third-order valence-corrected chi connectivity index (χ3v) is 8.41. The standard InChI is InChI=1S/C27H30ClN3O7S/c1-20(27(33)29-17-24-3-2-14-37-24)31(18-21-4-6-22(28)7-5-21)26(32)19-38-23-8-10-25(11-9-23)39(34,35)30-12-15-36-16-13-30/h2-11,14,20H,12-13,15-19H2,1H3,(H,29,33)/t20-/m0/s1. The van der Waals surface area contributed by atoms with Crippen molar-refractivity contribution in [2.75, 3.05) is 32.9 Å². The van der Waals surface area contributed by atoms with Gasteiger partial charge in [0.2, 0.25) is 15.9 Å². The third kappa shape index (κ3) is 7.60. The molecule has 0 spiro atoms. The average molecular weight is 576 g/mol. The van der Waals surface area contributed by atoms with Gasteiger partial charge in [0.1, 0.15) is 17.6 Å². The second-order valence-electron chi connectivity index (χ2n) is 8.90. The Morgan fingerprint density at radius 1 is 1.08 bits per heavy atom. The summed E-state index contributed by atoms with van der Waals surface area (Å²) < 4.78 is 43.2. The van der Waals surface area contributed by atoms with Gasteiger partial charge in [-0.2, -0.15) is 4.31 Å². The molecule has 1 fully saturated rings. The molecule has 1 aliphatic heterocycles. The maximum atomic E-state index is 13.3. The zero-order chi connectivity index (χ0) is 27.8. The van der Waals surface area contributed by atoms with E-state index in [0.717, 1.165) is 5.56 Å². The van der Waals surface area contributed by atoms with Gasteiger partial charge < -0.3 is 24.1 Å². The fraction of sp³-hybridized carbons (Fsp3) is 0.333. The number of rotatable bonds is 11. The summed E-state index contributed by atoms with van der Waals surface area (Å²) in [6.07, 6.45) is 1.52. The number of sulfonamides is 1. The maximum absolute atomic E-state index is 13.3. The predicted molar refractivity (Wildman–Crippen MR) is 144 cm³/mol. The van der Waals surface area contributed by atoms with Gasteiger partial charge in [0, 0.05) is 24.7 Å². The Balaban J connectivity index is 1.41. The summed E-state index contributed by atoms with van der Waals surface area (Å²) in [6.45, 7) is 2.94. The van der Waals surface area contributed by atoms with Crippen LogP contribution in [0.1, 0.15) is 18.2 Å². The third-order valence-electron chi connectivity index (χ3n) is 6.24. The highest BCUT2D eigenvalue weighted by molar-refractivity contribution is 7.89. The van der Waals surface area contributed by atoms with Crippen molar-refractivity contribution in [1.29, 1.82) is 0 Å². The molecule has 2 aromatic carbocycles. The van der Waals surface area contributed by atoms with E-state index in [1.807, 2.05) is 0 Å². The van der Waals surface area contributed by atoms with Crippen LogP contribution in [-0.2, 0) is 37.4 Å². The number of hydrogen-bond acceptors (Lipinski definition) is 7. The average Bonchev–Trinajstić information content (AvgIpc) is 3.48. The molecule has 1 aliphatic rings. The van der Waals surface area contributed by atoms with E-state index in [-0.39, 0.29) is 30.5 Å². The van der Waals surface area contributed by atoms with Crippen LogP contribution in [-0.4, -0.2) is 68.4 Å². The first kappa shape index (κ1) is 28.6. The van der Waals surface area contributed by atoms with Gasteiger partial charge in [-0.05, 0) is 61.0 Å². The highest BCUT2D eigenvalue weighted by Gasteiger charge is 2.28. The van der Waals surface area contributed by atoms with E-state index in [4.69, 9.17) is 25.5 Å². The van der Waals surface area contributed by atoms with Crippen LogP contribution >= 0.6 is 11.6 Å². The molecule has 0 aliphatic carbocycles. The highest BCUT2D eigenvalue weighted by Crippen LogP contribution is 2.21. The van der Waals surface area contributed by atoms with Gasteiger partial charge in [-0.1, -0.05) is 23.7 Å². The first-order valence-electron chi connectivity index (χ1n) is 12.4. The SMILES string of the molecule is C[C@@H](C(=O)NCc1ccco1)N(Cc1ccc(Cl)cc1)C(=O)COc1ccc(S(=O)(=O)N2CCOCC2)cc1. The molecule has 10 nitrogen and oxygen atoms in total. The van der Waals surface area contributed by atoms with Crippen molar-refractivity contribution in [3.05, 3.63) is 83.3 Å². The van der Waals surface area contributed by atoms with Crippen molar-refractivity contribution in [2.45, 2.75) is 31.0 Å². The predicted octanol–water partition coefficient (Wildman–Crippen LogP) is 3.07. The number of furan rings is 1. The Kier molecular flexibility index (Phi) is 9.63. The molecule has 0 radical (unpaired) electrons. The molecule has 2 amide bonds. The van der Waals surface area contributed by atoms with Gasteiger partial charge >= 0.3 is 0 Å². The van der Waals surface area contributed by atoms with Crippen LogP contribution in [0.3, 0.4) is 0 Å². The largest absolute Gasteiger partial charge is 0.484 e. The van der Waals surface area contributed by atoms with Crippen LogP contribution < -0.4 is 10.1 Å². The minimum Gasteiger partial charge on any atom is -0.484 e. The Morgan fingerprint density at radius 2 is 1.77 bits per heavy atom. The molecule has 12 heteroatoms. The second kappa shape index (κ2) is 13.1. The first-order valence-corrected chi connectivity index (χ1v) is 14.2. The number of nitrogens with one attached hydrogen (secondary N) is 1. The van der Waals surface area contributed by atoms with Crippen LogP contribution in [0.4, 0.5) is 0 Å². The Bertz CT molecular complexity index is 1340. The number of carbonyl (C=O) groups is 2. The van der Waals surface area contributed by atoms with Crippen LogP contribution in [0.25, 0.3) is 0 Å². The molecule has 3 aromatic rings. The summed E-state index contributed by atoms with van der Waals surface area (Å²) >= 11 is 6.00. The molecule has 1 atom stereocenters. The van der Waals surface area contributed by atoms with E-state index >= 15 is 0 Å². The molecular formula is C27H30ClN3O7S. The van der Waals surface area contributed by atoms with Gasteiger partial charge in [-0.15, -0.1) is 0 Å². The van der Waals surface area contributed by atoms with E-state index in [2.05, 4.69) is 5.32 Å². The molecule has 0 unspecified atom stereocenters. The number of hydrogen-bond donors (Lipinski definition) is 1. The summed E-state index contributed by atoms with van der Waals surface area (Å²) in [4.78, 5) is 27.7. The van der Waals surface area contributed by atoms with Crippen molar-refractivity contribution in [2.24, 2.45) is 0 Å². The van der Waals surface area contributed by atoms with Gasteiger partial charge in [0.15, 0.2) is 6.61 Å². The van der Waals surface area contributed by atoms with E-state index in [0.29, 0.717) is 42.8 Å². The number of amides is 2. The lowest BCUT2D eigenvalue weighted by Crippen LogP contribution is -2.48. The van der Waals surface area contributed by atoms with E-state index in [1.165, 1.54) is 39.7 Å². The van der Waals surface area contributed by atoms with Gasteiger partial charge in [0.05, 0.1) is 30.9 Å². The van der Waals surface area contributed by atoms with Crippen molar-refractivity contribution in [3.8, 4) is 5.75 Å². The Hall–Kier alpha value is -3.38. The number of morpholine rings is 1. The molecule has 208 valence electrons. The second-order valence-corrected chi connectivity index (χ2v) is 11.3. The van der Waals surface area contributed by atoms with Crippen LogP contribution in [0.2, 0.25) is 5.02 Å². The number of ether oxygens (including phenoxy) is 2. The van der Waals surface area contributed by atoms with Crippen LogP contribution in [0.5, 0.6) is 5.75 Å². The summed E-state index contributed by atoms with van der Waals surface area (Å²) in [5.74, 6) is 0.140. The quantitative estimate of drug-likeness (QED) is 0.373. The van der Waals surface area contributed by atoms with Crippen molar-refractivity contribution in [3.63, 3.8) is 0 Å². The van der Waals surface area contributed by atoms with Gasteiger partial charge in [0.25, 0.3) is 5.91 Å². The minimum absolute atomic E-state index is 0.134. The Labute approximate surface area is 232 Å². The number of benzene rings is 2. The first-order chi connectivity index (χ1) is 18.7. The van der Waals surface area contributed by atoms with E-state index < -0.39 is 22.0 Å². The fourth-order valence-electron chi connectivity index (χ4n) is 3.98. The zero-order valence-corrected chi connectivity index (χ0v) is 23.0. The molecule has 1 N–H and O–H groups in total. The summed E-state index contributed by atoms with van der Waals surface area (Å²) in [5.41, 5.74) is 0.788. The Morgan fingerprint density at radius 3 is 2.41 bits per heavy atom. The lowest BCUT2D eigenvalue weighted by molar-refractivity contribution is -0.142. The minimum atomic E-state index is -3.64. The van der Waals surface area contributed by atoms with E-state index in [1.54, 1.807) is 43.3 Å². The molecule has 39 heavy (non-hydrogen) atoms. The van der Waals surface area contributed by atoms with Gasteiger partial charge in [-0.25, -0.2) is 8.42 Å². The van der Waals surface area contributed by atoms with Crippen molar-refractivity contribution in [1.82, 2.24) is 14.5 Å². The number of carbonyl (C=O) groups excluding carboxylic acids is 2. The zero-order valence-electron chi connectivity index (χ0n) is 21.4. The number of nitrogens with zero attached hydrogens (tertiary/aromatic N) is 2. The van der Waals surface area contributed by atoms with Crippen molar-refractivity contribution >= 4 is 33.4 Å². The highest BCUT2D eigenvalue weighted by atomic mass is 35.5. The summed E-state index contributed by atoms with van der Waals surface area (Å²) in [5, 5.41) is 3.34. The van der Waals surface area contributed by atoms with Crippen molar-refractivity contribution < 1.29 is 31.9 Å². The summed E-state index contributed by atoms with van der Waals surface area (Å²) in [6, 6.07) is 15.5. The van der Waals surface area contributed by atoms with Crippen LogP contribution in [0, 0.1) is 0 Å². The molecule has 4 rings (SSSR count). The molecule has 1 aromatic heterocycles. The topological polar surface area (TPSA) is 118 Å². The maximum Gasteiger partial charge on any atom is 0.261 e. The molecule has 0 bridgehead atoms. The van der Waals surface area contributed by atoms with Gasteiger partial charge in [-0.3, -0.25) is 9.59 Å². The molecule has 2 heterocycles. The lowest BCUT2D eigenvalue weighted by Gasteiger charge is -2.28. The monoisotopic (exact) mass is 575 g/mol. The molecule has 1 saturated heterocycles. The number of halogens is 1. The fourth-order valence-corrected chi connectivity index (χ4v) is 5.51. The molecule has 0 saturated carbocycles. The lowest BCUT2D eigenvalue weighted by atomic mass is 10.1. The summed E-state index contributed by atoms with van der Waals surface area (Å²) in [7, 11) is -3.64. The van der Waals surface area contributed by atoms with Crippen LogP contribution in [0.15, 0.2) is 76.2 Å². The molecular weight excluding hydrogens is 546 g/mol. The smallest absolute Gasteiger partial charge is 0.261 e. The van der Waals surface area contributed by atoms with E-state index in [9.17, 15) is 18.0 Å². The normalized spacial score (nSPS) is 14.9.